The molecule has 104 valence electrons. The van der Waals surface area contributed by atoms with Crippen LogP contribution >= 0.6 is 11.6 Å². The van der Waals surface area contributed by atoms with Crippen molar-refractivity contribution in [2.75, 3.05) is 13.1 Å². The van der Waals surface area contributed by atoms with E-state index in [1.807, 2.05) is 31.2 Å². The molecule has 1 rings (SSSR count). The van der Waals surface area contributed by atoms with E-state index in [-0.39, 0.29) is 5.41 Å². The van der Waals surface area contributed by atoms with Crippen LogP contribution in [0.2, 0.25) is 5.02 Å². The van der Waals surface area contributed by atoms with Crippen molar-refractivity contribution >= 4 is 17.6 Å². The minimum absolute atomic E-state index is 0.159. The molecule has 0 radical (unpaired) electrons. The molecule has 19 heavy (non-hydrogen) atoms. The van der Waals surface area contributed by atoms with Crippen LogP contribution < -0.4 is 11.1 Å². The van der Waals surface area contributed by atoms with Crippen LogP contribution in [-0.2, 0) is 5.41 Å². The van der Waals surface area contributed by atoms with Crippen LogP contribution in [-0.4, -0.2) is 19.0 Å². The molecule has 0 aliphatic rings. The van der Waals surface area contributed by atoms with Crippen molar-refractivity contribution in [3.05, 3.63) is 47.0 Å². The second-order valence-corrected chi connectivity index (χ2v) is 5.78. The van der Waals surface area contributed by atoms with Crippen molar-refractivity contribution in [2.45, 2.75) is 26.2 Å². The first-order chi connectivity index (χ1) is 8.83. The lowest BCUT2D eigenvalue weighted by Gasteiger charge is -2.24. The molecule has 0 spiro atoms. The number of guanidine groups is 1. The van der Waals surface area contributed by atoms with E-state index in [1.165, 1.54) is 0 Å². The predicted molar refractivity (Wildman–Crippen MR) is 83.8 cm³/mol. The summed E-state index contributed by atoms with van der Waals surface area (Å²) in [6, 6.07) is 7.82. The van der Waals surface area contributed by atoms with E-state index in [4.69, 9.17) is 17.3 Å². The first kappa shape index (κ1) is 15.6. The molecule has 0 aliphatic carbocycles. The Kier molecular flexibility index (Phi) is 5.43. The zero-order valence-corrected chi connectivity index (χ0v) is 12.6. The molecule has 0 heterocycles. The third kappa shape index (κ3) is 4.95. The topological polar surface area (TPSA) is 50.4 Å². The zero-order chi connectivity index (χ0) is 14.5. The molecule has 3 nitrogen and oxygen atoms in total. The van der Waals surface area contributed by atoms with Crippen molar-refractivity contribution in [3.8, 4) is 0 Å². The molecule has 0 saturated heterocycles. The Labute approximate surface area is 120 Å². The van der Waals surface area contributed by atoms with Crippen molar-refractivity contribution in [2.24, 2.45) is 10.7 Å². The van der Waals surface area contributed by atoms with E-state index >= 15 is 0 Å². The predicted octanol–water partition coefficient (Wildman–Crippen LogP) is 3.10. The molecule has 1 aromatic rings. The van der Waals surface area contributed by atoms with Gasteiger partial charge in [0, 0.05) is 17.0 Å². The highest BCUT2D eigenvalue weighted by molar-refractivity contribution is 6.31. The van der Waals surface area contributed by atoms with E-state index in [1.54, 1.807) is 0 Å². The second kappa shape index (κ2) is 6.62. The third-order valence-corrected chi connectivity index (χ3v) is 3.15. The maximum Gasteiger partial charge on any atom is 0.188 e. The lowest BCUT2D eigenvalue weighted by molar-refractivity contribution is 0.539. The number of nitrogens with one attached hydrogen (secondary N) is 1. The number of rotatable bonds is 5. The van der Waals surface area contributed by atoms with Gasteiger partial charge in [0.25, 0.3) is 0 Å². The number of benzene rings is 1. The van der Waals surface area contributed by atoms with Gasteiger partial charge in [-0.1, -0.05) is 55.8 Å². The van der Waals surface area contributed by atoms with Crippen molar-refractivity contribution in [3.63, 3.8) is 0 Å². The Morgan fingerprint density at radius 1 is 1.42 bits per heavy atom. The number of hydrogen-bond donors (Lipinski definition) is 2. The smallest absolute Gasteiger partial charge is 0.188 e. The highest BCUT2D eigenvalue weighted by Crippen LogP contribution is 2.29. The molecule has 0 amide bonds. The Morgan fingerprint density at radius 2 is 2.05 bits per heavy atom. The van der Waals surface area contributed by atoms with E-state index in [9.17, 15) is 0 Å². The van der Waals surface area contributed by atoms with Crippen LogP contribution in [0, 0.1) is 0 Å². The summed E-state index contributed by atoms with van der Waals surface area (Å²) in [4.78, 5) is 4.37. The van der Waals surface area contributed by atoms with Gasteiger partial charge in [-0.05, 0) is 18.6 Å². The van der Waals surface area contributed by atoms with Gasteiger partial charge in [0.05, 0.1) is 6.54 Å². The van der Waals surface area contributed by atoms with E-state index in [0.29, 0.717) is 19.0 Å². The molecule has 4 heteroatoms. The van der Waals surface area contributed by atoms with Gasteiger partial charge in [-0.25, -0.2) is 0 Å². The fraction of sp³-hybridized carbons (Fsp3) is 0.400. The van der Waals surface area contributed by atoms with Crippen LogP contribution in [0.3, 0.4) is 0 Å². The Balaban J connectivity index is 2.72. The largest absolute Gasteiger partial charge is 0.370 e. The quantitative estimate of drug-likeness (QED) is 0.494. The average Bonchev–Trinajstić information content (AvgIpc) is 2.34. The summed E-state index contributed by atoms with van der Waals surface area (Å²) >= 11 is 6.22. The minimum atomic E-state index is -0.159. The van der Waals surface area contributed by atoms with Gasteiger partial charge >= 0.3 is 0 Å². The highest BCUT2D eigenvalue weighted by atomic mass is 35.5. The zero-order valence-electron chi connectivity index (χ0n) is 11.8. The average molecular weight is 280 g/mol. The summed E-state index contributed by atoms with van der Waals surface area (Å²) in [5, 5.41) is 3.78. The van der Waals surface area contributed by atoms with Crippen LogP contribution in [0.5, 0.6) is 0 Å². The van der Waals surface area contributed by atoms with Crippen LogP contribution in [0.4, 0.5) is 0 Å². The molecule has 0 unspecified atom stereocenters. The van der Waals surface area contributed by atoms with Gasteiger partial charge in [0.15, 0.2) is 5.96 Å². The maximum absolute atomic E-state index is 6.22. The van der Waals surface area contributed by atoms with E-state index in [0.717, 1.165) is 16.2 Å². The number of halogens is 1. The van der Waals surface area contributed by atoms with Gasteiger partial charge in [-0.15, -0.1) is 0 Å². The second-order valence-electron chi connectivity index (χ2n) is 5.38. The van der Waals surface area contributed by atoms with Crippen molar-refractivity contribution in [1.82, 2.24) is 5.32 Å². The van der Waals surface area contributed by atoms with Crippen LogP contribution in [0.15, 0.2) is 41.4 Å². The fourth-order valence-electron chi connectivity index (χ4n) is 1.68. The van der Waals surface area contributed by atoms with Gasteiger partial charge < -0.3 is 11.1 Å². The van der Waals surface area contributed by atoms with Gasteiger partial charge in [0.2, 0.25) is 0 Å². The number of nitrogens with zero attached hydrogens (tertiary/aromatic N) is 1. The minimum Gasteiger partial charge on any atom is -0.370 e. The molecular weight excluding hydrogens is 258 g/mol. The SMILES string of the molecule is C=C(C)CNC(N)=NCC(C)(C)c1ccccc1Cl. The van der Waals surface area contributed by atoms with Crippen molar-refractivity contribution < 1.29 is 0 Å². The normalized spacial score (nSPS) is 12.3. The monoisotopic (exact) mass is 279 g/mol. The van der Waals surface area contributed by atoms with Gasteiger partial charge in [-0.2, -0.15) is 0 Å². The Hall–Kier alpha value is -1.48. The summed E-state index contributed by atoms with van der Waals surface area (Å²) in [7, 11) is 0. The third-order valence-electron chi connectivity index (χ3n) is 2.82. The number of hydrogen-bond acceptors (Lipinski definition) is 1. The Morgan fingerprint density at radius 3 is 2.63 bits per heavy atom. The van der Waals surface area contributed by atoms with Crippen LogP contribution in [0.1, 0.15) is 26.3 Å². The summed E-state index contributed by atoms with van der Waals surface area (Å²) in [6.07, 6.45) is 0. The molecule has 0 fully saturated rings. The van der Waals surface area contributed by atoms with E-state index < -0.39 is 0 Å². The van der Waals surface area contributed by atoms with Crippen molar-refractivity contribution in [1.29, 1.82) is 0 Å². The number of nitrogens with two attached hydrogens (primary N) is 1. The lowest BCUT2D eigenvalue weighted by atomic mass is 9.85. The van der Waals surface area contributed by atoms with Gasteiger partial charge in [-0.3, -0.25) is 4.99 Å². The Bertz CT molecular complexity index is 478. The number of aliphatic imine (C=N–C) groups is 1. The standard InChI is InChI=1S/C15H22ClN3/c1-11(2)9-18-14(17)19-10-15(3,4)12-7-5-6-8-13(12)16/h5-8H,1,9-10H2,2-4H3,(H3,17,18,19). The molecule has 0 aliphatic heterocycles. The molecular formula is C15H22ClN3. The molecule has 0 atom stereocenters. The van der Waals surface area contributed by atoms with Crippen LogP contribution in [0.25, 0.3) is 0 Å². The first-order valence-electron chi connectivity index (χ1n) is 6.26. The highest BCUT2D eigenvalue weighted by Gasteiger charge is 2.22. The molecule has 0 aromatic heterocycles. The van der Waals surface area contributed by atoms with Gasteiger partial charge in [0.1, 0.15) is 0 Å². The maximum atomic E-state index is 6.22. The summed E-state index contributed by atoms with van der Waals surface area (Å²) < 4.78 is 0. The first-order valence-corrected chi connectivity index (χ1v) is 6.64. The molecule has 0 saturated carbocycles. The summed E-state index contributed by atoms with van der Waals surface area (Å²) in [6.45, 7) is 11.2. The lowest BCUT2D eigenvalue weighted by Crippen LogP contribution is -2.34. The fourth-order valence-corrected chi connectivity index (χ4v) is 2.07. The molecule has 1 aromatic carbocycles. The summed E-state index contributed by atoms with van der Waals surface area (Å²) in [5.41, 5.74) is 7.75. The molecule has 3 N–H and O–H groups in total. The molecule has 0 bridgehead atoms. The summed E-state index contributed by atoms with van der Waals surface area (Å²) in [5.74, 6) is 0.433. The van der Waals surface area contributed by atoms with E-state index in [2.05, 4.69) is 30.7 Å².